The molecular formula is C19H19NO5S. The molecule has 2 aromatic carbocycles. The number of rotatable bonds is 6. The van der Waals surface area contributed by atoms with Gasteiger partial charge in [0.05, 0.1) is 7.11 Å². The molecule has 1 saturated heterocycles. The van der Waals surface area contributed by atoms with Crippen molar-refractivity contribution in [3.8, 4) is 5.75 Å². The number of hydrogen-bond donors (Lipinski definition) is 2. The van der Waals surface area contributed by atoms with E-state index in [2.05, 4.69) is 5.32 Å². The number of carbonyl (C=O) groups is 2. The van der Waals surface area contributed by atoms with Gasteiger partial charge >= 0.3 is 5.97 Å². The molecule has 2 atom stereocenters. The van der Waals surface area contributed by atoms with Crippen molar-refractivity contribution in [3.63, 3.8) is 0 Å². The molecule has 1 aliphatic rings. The minimum Gasteiger partial charge on any atom is -0.497 e. The van der Waals surface area contributed by atoms with E-state index in [0.717, 1.165) is 15.5 Å². The third kappa shape index (κ3) is 4.56. The van der Waals surface area contributed by atoms with Crippen molar-refractivity contribution in [2.45, 2.75) is 34.8 Å². The summed E-state index contributed by atoms with van der Waals surface area (Å²) in [6, 6.07) is 15.2. The molecule has 136 valence electrons. The highest BCUT2D eigenvalue weighted by atomic mass is 32.2. The molecule has 3 rings (SSSR count). The van der Waals surface area contributed by atoms with Crippen molar-refractivity contribution < 1.29 is 24.2 Å². The van der Waals surface area contributed by atoms with E-state index in [9.17, 15) is 9.59 Å². The zero-order valence-corrected chi connectivity index (χ0v) is 15.0. The van der Waals surface area contributed by atoms with Crippen molar-refractivity contribution in [3.05, 3.63) is 48.5 Å². The van der Waals surface area contributed by atoms with Crippen LogP contribution in [0.25, 0.3) is 0 Å². The lowest BCUT2D eigenvalue weighted by atomic mass is 10.2. The Morgan fingerprint density at radius 2 is 1.62 bits per heavy atom. The highest BCUT2D eigenvalue weighted by molar-refractivity contribution is 7.99. The van der Waals surface area contributed by atoms with Gasteiger partial charge < -0.3 is 19.9 Å². The van der Waals surface area contributed by atoms with E-state index < -0.39 is 18.2 Å². The van der Waals surface area contributed by atoms with Gasteiger partial charge in [-0.3, -0.25) is 4.79 Å². The molecule has 0 bridgehead atoms. The maximum atomic E-state index is 12.2. The lowest BCUT2D eigenvalue weighted by Crippen LogP contribution is -2.29. The second-order valence-electron chi connectivity index (χ2n) is 5.82. The van der Waals surface area contributed by atoms with Crippen LogP contribution >= 0.6 is 11.8 Å². The molecule has 6 nitrogen and oxygen atoms in total. The Bertz CT molecular complexity index is 776. The lowest BCUT2D eigenvalue weighted by molar-refractivity contribution is -0.150. The predicted molar refractivity (Wildman–Crippen MR) is 97.7 cm³/mol. The van der Waals surface area contributed by atoms with Crippen LogP contribution in [0.15, 0.2) is 58.3 Å². The van der Waals surface area contributed by atoms with Gasteiger partial charge in [-0.25, -0.2) is 4.79 Å². The maximum Gasteiger partial charge on any atom is 0.332 e. The number of ether oxygens (including phenoxy) is 2. The van der Waals surface area contributed by atoms with E-state index in [1.165, 1.54) is 0 Å². The van der Waals surface area contributed by atoms with Crippen molar-refractivity contribution in [2.24, 2.45) is 0 Å². The summed E-state index contributed by atoms with van der Waals surface area (Å²) in [6.45, 7) is 0. The number of hydrogen-bond acceptors (Lipinski definition) is 5. The van der Waals surface area contributed by atoms with Crippen LogP contribution in [0.4, 0.5) is 5.69 Å². The summed E-state index contributed by atoms with van der Waals surface area (Å²) < 4.78 is 10.4. The van der Waals surface area contributed by atoms with Gasteiger partial charge in [-0.05, 0) is 61.4 Å². The van der Waals surface area contributed by atoms with Crippen LogP contribution in [0.1, 0.15) is 12.8 Å². The maximum absolute atomic E-state index is 12.2. The fourth-order valence-electron chi connectivity index (χ4n) is 2.62. The zero-order chi connectivity index (χ0) is 18.5. The highest BCUT2D eigenvalue weighted by Gasteiger charge is 2.34. The molecule has 0 radical (unpaired) electrons. The quantitative estimate of drug-likeness (QED) is 0.807. The van der Waals surface area contributed by atoms with E-state index in [1.54, 1.807) is 18.9 Å². The predicted octanol–water partition coefficient (Wildman–Crippen LogP) is 3.42. The first kappa shape index (κ1) is 18.3. The number of carboxylic acid groups (broad SMARTS) is 1. The second kappa shape index (κ2) is 8.25. The molecular weight excluding hydrogens is 354 g/mol. The van der Waals surface area contributed by atoms with Gasteiger partial charge in [-0.1, -0.05) is 11.8 Å². The summed E-state index contributed by atoms with van der Waals surface area (Å²) in [5.41, 5.74) is 0.649. The molecule has 0 aliphatic carbocycles. The molecule has 0 spiro atoms. The Morgan fingerprint density at radius 3 is 2.15 bits per heavy atom. The Kier molecular flexibility index (Phi) is 5.80. The average Bonchev–Trinajstić information content (AvgIpc) is 3.15. The van der Waals surface area contributed by atoms with Gasteiger partial charge in [-0.15, -0.1) is 0 Å². The van der Waals surface area contributed by atoms with E-state index in [1.807, 2.05) is 48.5 Å². The number of anilines is 1. The number of nitrogens with one attached hydrogen (secondary N) is 1. The topological polar surface area (TPSA) is 84.9 Å². The van der Waals surface area contributed by atoms with Crippen LogP contribution in [0.3, 0.4) is 0 Å². The fourth-order valence-corrected chi connectivity index (χ4v) is 3.44. The summed E-state index contributed by atoms with van der Waals surface area (Å²) >= 11 is 1.60. The summed E-state index contributed by atoms with van der Waals surface area (Å²) in [5, 5.41) is 11.7. The average molecular weight is 373 g/mol. The summed E-state index contributed by atoms with van der Waals surface area (Å²) in [5.74, 6) is -0.531. The minimum atomic E-state index is -1.03. The van der Waals surface area contributed by atoms with Crippen LogP contribution < -0.4 is 10.1 Å². The monoisotopic (exact) mass is 373 g/mol. The zero-order valence-electron chi connectivity index (χ0n) is 14.2. The summed E-state index contributed by atoms with van der Waals surface area (Å²) in [7, 11) is 1.63. The van der Waals surface area contributed by atoms with Gasteiger partial charge in [0.1, 0.15) is 11.9 Å². The lowest BCUT2D eigenvalue weighted by Gasteiger charge is -2.12. The van der Waals surface area contributed by atoms with Crippen molar-refractivity contribution >= 4 is 29.3 Å². The molecule has 0 saturated carbocycles. The fraction of sp³-hybridized carbons (Fsp3) is 0.263. The van der Waals surface area contributed by atoms with Gasteiger partial charge in [0.15, 0.2) is 6.10 Å². The molecule has 7 heteroatoms. The Hall–Kier alpha value is -2.51. The van der Waals surface area contributed by atoms with Crippen LogP contribution in [-0.2, 0) is 14.3 Å². The number of amides is 1. The summed E-state index contributed by atoms with van der Waals surface area (Å²) in [6.07, 6.45) is -0.850. The van der Waals surface area contributed by atoms with Crippen molar-refractivity contribution in [1.82, 2.24) is 0 Å². The third-order valence-corrected chi connectivity index (χ3v) is 5.02. The Labute approximate surface area is 155 Å². The van der Waals surface area contributed by atoms with Gasteiger partial charge in [0, 0.05) is 15.5 Å². The first-order valence-corrected chi connectivity index (χ1v) is 8.98. The standard InChI is InChI=1S/C19H19NO5S/c1-24-13-4-8-15(9-5-13)26-14-6-2-12(3-7-14)20-18(21)16-10-11-17(25-16)19(22)23/h2-9,16-17H,10-11H2,1H3,(H,20,21)(H,22,23)/t16-,17+/m0/s1. The molecule has 1 aliphatic heterocycles. The van der Waals surface area contributed by atoms with E-state index in [-0.39, 0.29) is 5.91 Å². The van der Waals surface area contributed by atoms with Crippen molar-refractivity contribution in [2.75, 3.05) is 12.4 Å². The van der Waals surface area contributed by atoms with Crippen LogP contribution in [-0.4, -0.2) is 36.3 Å². The van der Waals surface area contributed by atoms with E-state index in [0.29, 0.717) is 18.5 Å². The second-order valence-corrected chi connectivity index (χ2v) is 6.97. The number of methoxy groups -OCH3 is 1. The first-order chi connectivity index (χ1) is 12.5. The first-order valence-electron chi connectivity index (χ1n) is 8.16. The smallest absolute Gasteiger partial charge is 0.332 e. The number of aliphatic carboxylic acids is 1. The van der Waals surface area contributed by atoms with E-state index in [4.69, 9.17) is 14.6 Å². The van der Waals surface area contributed by atoms with Crippen molar-refractivity contribution in [1.29, 1.82) is 0 Å². The molecule has 26 heavy (non-hydrogen) atoms. The summed E-state index contributed by atoms with van der Waals surface area (Å²) in [4.78, 5) is 25.2. The third-order valence-electron chi connectivity index (χ3n) is 4.00. The molecule has 1 amide bonds. The minimum absolute atomic E-state index is 0.315. The molecule has 2 aromatic rings. The largest absolute Gasteiger partial charge is 0.497 e. The normalized spacial score (nSPS) is 19.1. The van der Waals surface area contributed by atoms with Crippen LogP contribution in [0.2, 0.25) is 0 Å². The van der Waals surface area contributed by atoms with Gasteiger partial charge in [0.25, 0.3) is 5.91 Å². The van der Waals surface area contributed by atoms with Crippen LogP contribution in [0, 0.1) is 0 Å². The van der Waals surface area contributed by atoms with E-state index >= 15 is 0 Å². The number of carboxylic acids is 1. The highest BCUT2D eigenvalue weighted by Crippen LogP contribution is 2.30. The molecule has 1 fully saturated rings. The molecule has 2 N–H and O–H groups in total. The molecule has 0 aromatic heterocycles. The number of benzene rings is 2. The Balaban J connectivity index is 1.55. The van der Waals surface area contributed by atoms with Crippen LogP contribution in [0.5, 0.6) is 5.75 Å². The molecule has 0 unspecified atom stereocenters. The van der Waals surface area contributed by atoms with Gasteiger partial charge in [-0.2, -0.15) is 0 Å². The Morgan fingerprint density at radius 1 is 1.04 bits per heavy atom. The number of carbonyl (C=O) groups excluding carboxylic acids is 1. The molecule has 1 heterocycles. The SMILES string of the molecule is COc1ccc(Sc2ccc(NC(=O)[C@@H]3CC[C@H](C(=O)O)O3)cc2)cc1. The van der Waals surface area contributed by atoms with Gasteiger partial charge in [0.2, 0.25) is 0 Å².